The second kappa shape index (κ2) is 7.10. The number of benzene rings is 1. The van der Waals surface area contributed by atoms with E-state index in [1.807, 2.05) is 24.3 Å². The number of thiophene rings is 1. The van der Waals surface area contributed by atoms with Gasteiger partial charge < -0.3 is 10.2 Å². The number of carbonyl (C=O) groups excluding carboxylic acids is 1. The number of piperidine rings is 1. The largest absolute Gasteiger partial charge is 0.334 e. The zero-order valence-corrected chi connectivity index (χ0v) is 15.8. The van der Waals surface area contributed by atoms with Crippen LogP contribution in [0.15, 0.2) is 41.1 Å². The van der Waals surface area contributed by atoms with Gasteiger partial charge in [0.1, 0.15) is 0 Å². The van der Waals surface area contributed by atoms with Crippen molar-refractivity contribution in [2.75, 3.05) is 13.1 Å². The van der Waals surface area contributed by atoms with Gasteiger partial charge in [-0.15, -0.1) is 0 Å². The summed E-state index contributed by atoms with van der Waals surface area (Å²) in [5, 5.41) is 8.40. The van der Waals surface area contributed by atoms with Crippen molar-refractivity contribution < 1.29 is 4.79 Å². The van der Waals surface area contributed by atoms with Gasteiger partial charge in [-0.05, 0) is 77.9 Å². The zero-order valence-electron chi connectivity index (χ0n) is 14.2. The smallest absolute Gasteiger partial charge is 0.227 e. The van der Waals surface area contributed by atoms with Gasteiger partial charge in [-0.1, -0.05) is 23.7 Å². The number of rotatable bonds is 5. The molecule has 1 aliphatic heterocycles. The number of hydrogen-bond donors (Lipinski definition) is 1. The fourth-order valence-electron chi connectivity index (χ4n) is 4.06. The highest BCUT2D eigenvalue weighted by molar-refractivity contribution is 7.07. The van der Waals surface area contributed by atoms with E-state index >= 15 is 0 Å². The molecule has 1 aliphatic carbocycles. The summed E-state index contributed by atoms with van der Waals surface area (Å²) in [5.41, 5.74) is 2.63. The molecule has 1 unspecified atom stereocenters. The molecule has 0 bridgehead atoms. The van der Waals surface area contributed by atoms with Crippen LogP contribution in [-0.4, -0.2) is 29.9 Å². The third-order valence-corrected chi connectivity index (χ3v) is 6.63. The van der Waals surface area contributed by atoms with Crippen molar-refractivity contribution in [3.05, 3.63) is 57.2 Å². The van der Waals surface area contributed by atoms with E-state index in [4.69, 9.17) is 11.6 Å². The Morgan fingerprint density at radius 2 is 1.96 bits per heavy atom. The van der Waals surface area contributed by atoms with Crippen molar-refractivity contribution in [2.45, 2.75) is 38.3 Å². The van der Waals surface area contributed by atoms with Crippen molar-refractivity contribution in [3.8, 4) is 0 Å². The first-order valence-corrected chi connectivity index (χ1v) is 10.2. The molecule has 2 aliphatic rings. The van der Waals surface area contributed by atoms with Crippen molar-refractivity contribution in [1.29, 1.82) is 0 Å². The quantitative estimate of drug-likeness (QED) is 0.853. The molecule has 0 radical (unpaired) electrons. The van der Waals surface area contributed by atoms with E-state index in [0.29, 0.717) is 22.9 Å². The SMILES string of the molecule is O=C(Cc1ccc(Cl)cc1)N(Cc1ccsc1)C1CC12CCNCC2. The molecule has 25 heavy (non-hydrogen) atoms. The zero-order chi connectivity index (χ0) is 17.3. The third kappa shape index (κ3) is 3.76. The molecule has 1 atom stereocenters. The first kappa shape index (κ1) is 17.1. The molecule has 1 N–H and O–H groups in total. The highest BCUT2D eigenvalue weighted by atomic mass is 35.5. The van der Waals surface area contributed by atoms with Gasteiger partial charge in [-0.25, -0.2) is 0 Å². The lowest BCUT2D eigenvalue weighted by Gasteiger charge is -2.29. The van der Waals surface area contributed by atoms with Crippen LogP contribution in [-0.2, 0) is 17.8 Å². The van der Waals surface area contributed by atoms with Crippen LogP contribution in [0.3, 0.4) is 0 Å². The minimum atomic E-state index is 0.230. The first-order chi connectivity index (χ1) is 12.2. The molecule has 1 saturated carbocycles. The average Bonchev–Trinajstić information content (AvgIpc) is 3.06. The van der Waals surface area contributed by atoms with E-state index in [1.54, 1.807) is 11.3 Å². The second-order valence-corrected chi connectivity index (χ2v) is 8.51. The van der Waals surface area contributed by atoms with Crippen molar-refractivity contribution in [2.24, 2.45) is 5.41 Å². The molecule has 2 heterocycles. The maximum absolute atomic E-state index is 13.1. The van der Waals surface area contributed by atoms with Crippen LogP contribution >= 0.6 is 22.9 Å². The summed E-state index contributed by atoms with van der Waals surface area (Å²) in [6.07, 6.45) is 3.98. The first-order valence-electron chi connectivity index (χ1n) is 8.92. The van der Waals surface area contributed by atoms with Gasteiger partial charge in [0.2, 0.25) is 5.91 Å². The molecule has 1 amide bonds. The molecular formula is C20H23ClN2OS. The van der Waals surface area contributed by atoms with Gasteiger partial charge in [0, 0.05) is 17.6 Å². The maximum Gasteiger partial charge on any atom is 0.227 e. The lowest BCUT2D eigenvalue weighted by Crippen LogP contribution is -2.39. The van der Waals surface area contributed by atoms with E-state index in [-0.39, 0.29) is 5.91 Å². The highest BCUT2D eigenvalue weighted by Crippen LogP contribution is 2.56. The van der Waals surface area contributed by atoms with Gasteiger partial charge in [-0.3, -0.25) is 4.79 Å². The molecule has 5 heteroatoms. The minimum Gasteiger partial charge on any atom is -0.334 e. The molecule has 1 saturated heterocycles. The predicted octanol–water partition coefficient (Wildman–Crippen LogP) is 4.11. The van der Waals surface area contributed by atoms with Crippen LogP contribution in [0.1, 0.15) is 30.4 Å². The summed E-state index contributed by atoms with van der Waals surface area (Å²) in [7, 11) is 0. The standard InChI is InChI=1S/C20H23ClN2OS/c21-17-3-1-15(2-4-17)11-19(24)23(13-16-5-10-25-14-16)18-12-20(18)6-8-22-9-7-20/h1-5,10,14,18,22H,6-9,11-13H2. The summed E-state index contributed by atoms with van der Waals surface area (Å²) in [4.78, 5) is 15.3. The topological polar surface area (TPSA) is 32.3 Å². The minimum absolute atomic E-state index is 0.230. The summed E-state index contributed by atoms with van der Waals surface area (Å²) < 4.78 is 0. The lowest BCUT2D eigenvalue weighted by molar-refractivity contribution is -0.132. The molecule has 132 valence electrons. The second-order valence-electron chi connectivity index (χ2n) is 7.29. The number of hydrogen-bond acceptors (Lipinski definition) is 3. The number of nitrogens with one attached hydrogen (secondary N) is 1. The van der Waals surface area contributed by atoms with Gasteiger partial charge in [0.15, 0.2) is 0 Å². The molecule has 2 fully saturated rings. The van der Waals surface area contributed by atoms with E-state index in [0.717, 1.165) is 31.6 Å². The molecule has 1 spiro atoms. The van der Waals surface area contributed by atoms with Gasteiger partial charge >= 0.3 is 0 Å². The van der Waals surface area contributed by atoms with Crippen LogP contribution in [0, 0.1) is 5.41 Å². The fourth-order valence-corrected chi connectivity index (χ4v) is 4.84. The Balaban J connectivity index is 1.50. The predicted molar refractivity (Wildman–Crippen MR) is 103 cm³/mol. The van der Waals surface area contributed by atoms with Crippen molar-refractivity contribution in [3.63, 3.8) is 0 Å². The number of amides is 1. The number of halogens is 1. The summed E-state index contributed by atoms with van der Waals surface area (Å²) in [5.74, 6) is 0.230. The van der Waals surface area contributed by atoms with Crippen LogP contribution in [0.4, 0.5) is 0 Å². The molecule has 3 nitrogen and oxygen atoms in total. The van der Waals surface area contributed by atoms with E-state index < -0.39 is 0 Å². The Morgan fingerprint density at radius 1 is 1.20 bits per heavy atom. The van der Waals surface area contributed by atoms with Gasteiger partial charge in [0.25, 0.3) is 0 Å². The van der Waals surface area contributed by atoms with Gasteiger partial charge in [-0.2, -0.15) is 11.3 Å². The molecule has 2 aromatic rings. The Bertz CT molecular complexity index is 723. The Morgan fingerprint density at radius 3 is 2.64 bits per heavy atom. The molecule has 1 aromatic heterocycles. The monoisotopic (exact) mass is 374 g/mol. The van der Waals surface area contributed by atoms with Crippen molar-refractivity contribution >= 4 is 28.8 Å². The van der Waals surface area contributed by atoms with E-state index in [2.05, 4.69) is 27.0 Å². The molecular weight excluding hydrogens is 352 g/mol. The molecule has 4 rings (SSSR count). The van der Waals surface area contributed by atoms with E-state index in [9.17, 15) is 4.79 Å². The van der Waals surface area contributed by atoms with Crippen LogP contribution in [0.25, 0.3) is 0 Å². The summed E-state index contributed by atoms with van der Waals surface area (Å²) in [6.45, 7) is 2.89. The normalized spacial score (nSPS) is 21.2. The lowest BCUT2D eigenvalue weighted by atomic mass is 9.93. The van der Waals surface area contributed by atoms with Gasteiger partial charge in [0.05, 0.1) is 6.42 Å². The Hall–Kier alpha value is -1.36. The van der Waals surface area contributed by atoms with Crippen molar-refractivity contribution in [1.82, 2.24) is 10.2 Å². The summed E-state index contributed by atoms with van der Waals surface area (Å²) >= 11 is 7.66. The Kier molecular flexibility index (Phi) is 4.85. The van der Waals surface area contributed by atoms with Crippen LogP contribution in [0.5, 0.6) is 0 Å². The van der Waals surface area contributed by atoms with Crippen LogP contribution < -0.4 is 5.32 Å². The third-order valence-electron chi connectivity index (χ3n) is 5.64. The fraction of sp³-hybridized carbons (Fsp3) is 0.450. The van der Waals surface area contributed by atoms with Crippen LogP contribution in [0.2, 0.25) is 5.02 Å². The Labute approximate surface area is 158 Å². The molecule has 1 aromatic carbocycles. The van der Waals surface area contributed by atoms with E-state index in [1.165, 1.54) is 18.4 Å². The number of nitrogens with zero attached hydrogens (tertiary/aromatic N) is 1. The summed E-state index contributed by atoms with van der Waals surface area (Å²) in [6, 6.07) is 10.2. The highest BCUT2D eigenvalue weighted by Gasteiger charge is 2.57. The average molecular weight is 375 g/mol. The maximum atomic E-state index is 13.1. The number of carbonyl (C=O) groups is 1.